The van der Waals surface area contributed by atoms with Gasteiger partial charge in [-0.15, -0.1) is 0 Å². The van der Waals surface area contributed by atoms with Crippen LogP contribution in [-0.2, 0) is 12.4 Å². The van der Waals surface area contributed by atoms with Crippen LogP contribution in [0.1, 0.15) is 34.3 Å². The van der Waals surface area contributed by atoms with Gasteiger partial charge in [0, 0.05) is 34.5 Å². The summed E-state index contributed by atoms with van der Waals surface area (Å²) in [6.45, 7) is 0.125. The number of benzene rings is 2. The van der Waals surface area contributed by atoms with E-state index in [1.807, 2.05) is 0 Å². The molecule has 4 rings (SSSR count). The highest BCUT2D eigenvalue weighted by Crippen LogP contribution is 2.40. The number of pyridine rings is 1. The summed E-state index contributed by atoms with van der Waals surface area (Å²) in [5.41, 5.74) is -2.52. The minimum absolute atomic E-state index is 0.00124. The predicted octanol–water partition coefficient (Wildman–Crippen LogP) is 7.50. The molecular weight excluding hydrogens is 482 g/mol. The van der Waals surface area contributed by atoms with Crippen molar-refractivity contribution in [1.29, 1.82) is 0 Å². The summed E-state index contributed by atoms with van der Waals surface area (Å²) in [7, 11) is 0. The first kappa shape index (κ1) is 24.1. The monoisotopic (exact) mass is 498 g/mol. The fraction of sp³-hybridized carbons (Fsp3) is 0.250. The van der Waals surface area contributed by atoms with Crippen LogP contribution in [0.25, 0.3) is 11.1 Å². The normalized spacial score (nSPS) is 14.2. The summed E-state index contributed by atoms with van der Waals surface area (Å²) in [5, 5.41) is 0.368. The van der Waals surface area contributed by atoms with Crippen molar-refractivity contribution in [2.45, 2.75) is 25.2 Å². The second-order valence-electron chi connectivity index (χ2n) is 8.03. The van der Waals surface area contributed by atoms with Crippen LogP contribution < -0.4 is 4.90 Å². The molecule has 0 atom stereocenters. The first-order valence-corrected chi connectivity index (χ1v) is 10.6. The highest BCUT2D eigenvalue weighted by Gasteiger charge is 2.38. The van der Waals surface area contributed by atoms with Crippen LogP contribution in [0.2, 0.25) is 5.02 Å². The van der Waals surface area contributed by atoms with E-state index in [4.69, 9.17) is 11.6 Å². The number of carbonyl (C=O) groups excluding carboxylic acids is 1. The summed E-state index contributed by atoms with van der Waals surface area (Å²) in [5.74, 6) is -0.902. The second-order valence-corrected chi connectivity index (χ2v) is 8.43. The summed E-state index contributed by atoms with van der Waals surface area (Å²) >= 11 is 6.32. The Labute approximate surface area is 196 Å². The molecule has 0 bridgehead atoms. The Balaban J connectivity index is 1.85. The Bertz CT molecular complexity index is 1190. The van der Waals surface area contributed by atoms with Crippen LogP contribution in [0.3, 0.4) is 0 Å². The first-order valence-electron chi connectivity index (χ1n) is 10.3. The van der Waals surface area contributed by atoms with Crippen LogP contribution in [0, 0.1) is 5.92 Å². The molecule has 3 nitrogen and oxygen atoms in total. The van der Waals surface area contributed by atoms with Crippen molar-refractivity contribution < 1.29 is 31.1 Å². The van der Waals surface area contributed by atoms with Gasteiger partial charge in [-0.05, 0) is 49.1 Å². The number of hydrogen-bond acceptors (Lipinski definition) is 2. The lowest BCUT2D eigenvalue weighted by Gasteiger charge is -2.26. The Morgan fingerprint density at radius 2 is 1.56 bits per heavy atom. The van der Waals surface area contributed by atoms with Gasteiger partial charge in [0.15, 0.2) is 0 Å². The lowest BCUT2D eigenvalue weighted by Crippen LogP contribution is -2.34. The molecular formula is C24H17ClF6N2O. The molecule has 2 aromatic carbocycles. The average molecular weight is 499 g/mol. The maximum Gasteiger partial charge on any atom is 0.416 e. The van der Waals surface area contributed by atoms with E-state index in [0.717, 1.165) is 12.8 Å². The maximum atomic E-state index is 13.5. The lowest BCUT2D eigenvalue weighted by atomic mass is 10.0. The molecule has 0 spiro atoms. The van der Waals surface area contributed by atoms with Crippen LogP contribution in [-0.4, -0.2) is 17.4 Å². The Hall–Kier alpha value is -3.07. The average Bonchev–Trinajstić information content (AvgIpc) is 3.60. The van der Waals surface area contributed by atoms with Gasteiger partial charge in [-0.3, -0.25) is 9.78 Å². The smallest absolute Gasteiger partial charge is 0.306 e. The van der Waals surface area contributed by atoms with Gasteiger partial charge < -0.3 is 4.90 Å². The van der Waals surface area contributed by atoms with Crippen molar-refractivity contribution in [3.63, 3.8) is 0 Å². The number of alkyl halides is 6. The van der Waals surface area contributed by atoms with Gasteiger partial charge in [-0.25, -0.2) is 0 Å². The predicted molar refractivity (Wildman–Crippen MR) is 116 cm³/mol. The molecule has 1 amide bonds. The lowest BCUT2D eigenvalue weighted by molar-refractivity contribution is -0.143. The fourth-order valence-electron chi connectivity index (χ4n) is 3.59. The van der Waals surface area contributed by atoms with Crippen molar-refractivity contribution >= 4 is 23.2 Å². The number of hydrogen-bond donors (Lipinski definition) is 0. The minimum Gasteiger partial charge on any atom is -0.306 e. The summed E-state index contributed by atoms with van der Waals surface area (Å²) in [6, 6.07) is 9.26. The molecule has 1 aliphatic carbocycles. The number of anilines is 1. The van der Waals surface area contributed by atoms with Crippen molar-refractivity contribution in [1.82, 2.24) is 4.98 Å². The SMILES string of the molecule is O=C(c1cc(C(F)(F)F)cc(C(F)(F)F)c1)N(CC1CC1)c1cnccc1-c1ccccc1Cl. The second kappa shape index (κ2) is 8.94. The van der Waals surface area contributed by atoms with E-state index >= 15 is 0 Å². The van der Waals surface area contributed by atoms with Crippen LogP contribution in [0.15, 0.2) is 60.9 Å². The molecule has 10 heteroatoms. The Morgan fingerprint density at radius 3 is 2.12 bits per heavy atom. The van der Waals surface area contributed by atoms with Gasteiger partial charge in [0.2, 0.25) is 0 Å². The van der Waals surface area contributed by atoms with Crippen molar-refractivity contribution in [3.8, 4) is 11.1 Å². The molecule has 0 saturated heterocycles. The molecule has 1 heterocycles. The third-order valence-electron chi connectivity index (χ3n) is 5.47. The van der Waals surface area contributed by atoms with Gasteiger partial charge in [-0.1, -0.05) is 29.8 Å². The Kier molecular flexibility index (Phi) is 6.33. The summed E-state index contributed by atoms with van der Waals surface area (Å²) < 4.78 is 80.1. The van der Waals surface area contributed by atoms with Gasteiger partial charge in [0.05, 0.1) is 23.0 Å². The van der Waals surface area contributed by atoms with Crippen molar-refractivity contribution in [3.05, 3.63) is 82.6 Å². The molecule has 34 heavy (non-hydrogen) atoms. The van der Waals surface area contributed by atoms with E-state index in [0.29, 0.717) is 28.3 Å². The van der Waals surface area contributed by atoms with E-state index in [1.54, 1.807) is 30.3 Å². The first-order chi connectivity index (χ1) is 15.9. The molecule has 3 aromatic rings. The third-order valence-corrected chi connectivity index (χ3v) is 5.80. The zero-order valence-corrected chi connectivity index (χ0v) is 18.2. The molecule has 1 aromatic heterocycles. The van der Waals surface area contributed by atoms with Crippen molar-refractivity contribution in [2.24, 2.45) is 5.92 Å². The molecule has 0 unspecified atom stereocenters. The number of carbonyl (C=O) groups is 1. The van der Waals surface area contributed by atoms with E-state index in [2.05, 4.69) is 4.98 Å². The van der Waals surface area contributed by atoms with E-state index < -0.39 is 35.0 Å². The highest BCUT2D eigenvalue weighted by molar-refractivity contribution is 6.33. The molecule has 1 saturated carbocycles. The largest absolute Gasteiger partial charge is 0.416 e. The number of nitrogens with zero attached hydrogens (tertiary/aromatic N) is 2. The Morgan fingerprint density at radius 1 is 0.941 bits per heavy atom. The summed E-state index contributed by atoms with van der Waals surface area (Å²) in [6.07, 6.45) is -5.71. The number of aromatic nitrogens is 1. The highest BCUT2D eigenvalue weighted by atomic mass is 35.5. The van der Waals surface area contributed by atoms with Crippen LogP contribution in [0.5, 0.6) is 0 Å². The third kappa shape index (κ3) is 5.19. The topological polar surface area (TPSA) is 33.2 Å². The molecule has 1 aliphatic rings. The standard InChI is InChI=1S/C24H17ClF6N2O/c25-20-4-2-1-3-18(20)19-7-8-32-12-21(19)33(13-14-5-6-14)22(34)15-9-16(23(26,27)28)11-17(10-15)24(29,30)31/h1-4,7-12,14H,5-6,13H2. The van der Waals surface area contributed by atoms with Gasteiger partial charge >= 0.3 is 12.4 Å². The van der Waals surface area contributed by atoms with E-state index in [9.17, 15) is 31.1 Å². The molecule has 1 fully saturated rings. The van der Waals surface area contributed by atoms with Gasteiger partial charge in [-0.2, -0.15) is 26.3 Å². The van der Waals surface area contributed by atoms with Crippen LogP contribution >= 0.6 is 11.6 Å². The quantitative estimate of drug-likeness (QED) is 0.341. The number of amides is 1. The molecule has 0 aliphatic heterocycles. The summed E-state index contributed by atoms with van der Waals surface area (Å²) in [4.78, 5) is 18.7. The fourth-order valence-corrected chi connectivity index (χ4v) is 3.83. The molecule has 0 radical (unpaired) electrons. The van der Waals surface area contributed by atoms with Crippen molar-refractivity contribution in [2.75, 3.05) is 11.4 Å². The van der Waals surface area contributed by atoms with Crippen LogP contribution in [0.4, 0.5) is 32.0 Å². The number of halogens is 7. The molecule has 0 N–H and O–H groups in total. The zero-order valence-electron chi connectivity index (χ0n) is 17.4. The maximum absolute atomic E-state index is 13.5. The zero-order chi connectivity index (χ0) is 24.7. The number of rotatable bonds is 5. The van der Waals surface area contributed by atoms with E-state index in [1.165, 1.54) is 17.3 Å². The van der Waals surface area contributed by atoms with Gasteiger partial charge in [0.25, 0.3) is 5.91 Å². The minimum atomic E-state index is -5.06. The van der Waals surface area contributed by atoms with Gasteiger partial charge in [0.1, 0.15) is 0 Å². The molecule has 178 valence electrons. The van der Waals surface area contributed by atoms with E-state index in [-0.39, 0.29) is 24.2 Å².